The van der Waals surface area contributed by atoms with E-state index in [-0.39, 0.29) is 12.2 Å². The van der Waals surface area contributed by atoms with E-state index in [2.05, 4.69) is 10.6 Å². The fraction of sp³-hybridized carbons (Fsp3) is 0.462. The number of anilines is 1. The van der Waals surface area contributed by atoms with Gasteiger partial charge in [0.05, 0.1) is 17.8 Å². The molecule has 112 valence electrons. The number of carbonyl (C=O) groups is 1. The van der Waals surface area contributed by atoms with Gasteiger partial charge in [-0.05, 0) is 24.6 Å². The molecule has 7 heteroatoms. The van der Waals surface area contributed by atoms with Crippen molar-refractivity contribution in [3.05, 3.63) is 29.6 Å². The normalized spacial score (nSPS) is 11.2. The Hall–Kier alpha value is -1.79. The van der Waals surface area contributed by atoms with E-state index in [1.807, 2.05) is 6.92 Å². The lowest BCUT2D eigenvalue weighted by Crippen LogP contribution is -2.30. The molecule has 2 N–H and O–H groups in total. The first kappa shape index (κ1) is 16.3. The summed E-state index contributed by atoms with van der Waals surface area (Å²) in [6.07, 6.45) is -2.83. The van der Waals surface area contributed by atoms with Crippen LogP contribution in [0.3, 0.4) is 0 Å². The summed E-state index contributed by atoms with van der Waals surface area (Å²) in [6.45, 7) is 2.17. The Morgan fingerprint density at radius 3 is 2.60 bits per heavy atom. The van der Waals surface area contributed by atoms with Crippen molar-refractivity contribution in [3.63, 3.8) is 0 Å². The summed E-state index contributed by atoms with van der Waals surface area (Å²) in [4.78, 5) is 11.4. The molecule has 0 bridgehead atoms. The summed E-state index contributed by atoms with van der Waals surface area (Å²) >= 11 is 0. The van der Waals surface area contributed by atoms with Crippen molar-refractivity contribution in [1.29, 1.82) is 0 Å². The molecule has 1 aromatic rings. The van der Waals surface area contributed by atoms with Crippen LogP contribution in [0.5, 0.6) is 0 Å². The average molecular weight is 292 g/mol. The number of carbonyl (C=O) groups excluding carboxylic acids is 1. The largest absolute Gasteiger partial charge is 0.416 e. The lowest BCUT2D eigenvalue weighted by molar-refractivity contribution is -0.137. The Labute approximate surface area is 114 Å². The van der Waals surface area contributed by atoms with Crippen molar-refractivity contribution >= 4 is 11.6 Å². The topological polar surface area (TPSA) is 41.1 Å². The van der Waals surface area contributed by atoms with E-state index in [1.54, 1.807) is 0 Å². The number of halogens is 4. The lowest BCUT2D eigenvalue weighted by Gasteiger charge is -2.11. The van der Waals surface area contributed by atoms with Gasteiger partial charge in [-0.2, -0.15) is 13.2 Å². The van der Waals surface area contributed by atoms with Crippen LogP contribution in [0.15, 0.2) is 18.2 Å². The zero-order chi connectivity index (χ0) is 15.2. The molecule has 0 aromatic heterocycles. The van der Waals surface area contributed by atoms with Gasteiger partial charge in [-0.15, -0.1) is 0 Å². The van der Waals surface area contributed by atoms with Gasteiger partial charge < -0.3 is 10.6 Å². The van der Waals surface area contributed by atoms with Crippen molar-refractivity contribution in [2.75, 3.05) is 18.4 Å². The van der Waals surface area contributed by atoms with Crippen LogP contribution in [0.4, 0.5) is 23.2 Å². The van der Waals surface area contributed by atoms with Gasteiger partial charge in [0.25, 0.3) is 0 Å². The van der Waals surface area contributed by atoms with E-state index in [0.717, 1.165) is 18.9 Å². The first-order chi connectivity index (χ1) is 9.34. The molecule has 1 amide bonds. The maximum absolute atomic E-state index is 13.4. The van der Waals surface area contributed by atoms with Crippen LogP contribution in [0.25, 0.3) is 0 Å². The molecule has 0 unspecified atom stereocenters. The molecule has 0 saturated carbocycles. The summed E-state index contributed by atoms with van der Waals surface area (Å²) in [5.74, 6) is -1.23. The number of nitrogens with one attached hydrogen (secondary N) is 2. The van der Waals surface area contributed by atoms with E-state index in [4.69, 9.17) is 0 Å². The highest BCUT2D eigenvalue weighted by molar-refractivity contribution is 5.80. The Morgan fingerprint density at radius 1 is 1.30 bits per heavy atom. The fourth-order valence-electron chi connectivity index (χ4n) is 1.48. The highest BCUT2D eigenvalue weighted by Crippen LogP contribution is 2.31. The third-order valence-corrected chi connectivity index (χ3v) is 2.59. The van der Waals surface area contributed by atoms with Crippen molar-refractivity contribution in [2.24, 2.45) is 0 Å². The first-order valence-corrected chi connectivity index (χ1v) is 6.22. The smallest absolute Gasteiger partial charge is 0.374 e. The quantitative estimate of drug-likeness (QED) is 0.624. The van der Waals surface area contributed by atoms with Gasteiger partial charge >= 0.3 is 6.18 Å². The zero-order valence-corrected chi connectivity index (χ0v) is 11.0. The third-order valence-electron chi connectivity index (χ3n) is 2.59. The molecule has 0 radical (unpaired) electrons. The van der Waals surface area contributed by atoms with Crippen LogP contribution < -0.4 is 10.6 Å². The molecule has 20 heavy (non-hydrogen) atoms. The molecule has 0 atom stereocenters. The molecule has 1 rings (SSSR count). The molecular formula is C13H16F4N2O. The molecular weight excluding hydrogens is 276 g/mol. The summed E-state index contributed by atoms with van der Waals surface area (Å²) < 4.78 is 50.8. The standard InChI is InChI=1S/C13H16F4N2O/c1-2-3-6-18-12(20)8-19-11-7-9(13(15,16)17)4-5-10(11)14/h4-5,7,19H,2-3,6,8H2,1H3,(H,18,20). The number of rotatable bonds is 6. The Morgan fingerprint density at radius 2 is 2.00 bits per heavy atom. The number of benzene rings is 1. The van der Waals surface area contributed by atoms with Crippen LogP contribution >= 0.6 is 0 Å². The van der Waals surface area contributed by atoms with Gasteiger partial charge in [0, 0.05) is 6.54 Å². The van der Waals surface area contributed by atoms with Crippen LogP contribution in [0.2, 0.25) is 0 Å². The number of hydrogen-bond acceptors (Lipinski definition) is 2. The van der Waals surface area contributed by atoms with E-state index in [9.17, 15) is 22.4 Å². The number of alkyl halides is 3. The molecule has 3 nitrogen and oxygen atoms in total. The number of hydrogen-bond donors (Lipinski definition) is 2. The first-order valence-electron chi connectivity index (χ1n) is 6.22. The Balaban J connectivity index is 2.61. The minimum Gasteiger partial charge on any atom is -0.374 e. The lowest BCUT2D eigenvalue weighted by atomic mass is 10.2. The van der Waals surface area contributed by atoms with Gasteiger partial charge in [-0.25, -0.2) is 4.39 Å². The summed E-state index contributed by atoms with van der Waals surface area (Å²) in [5.41, 5.74) is -1.31. The van der Waals surface area contributed by atoms with E-state index >= 15 is 0 Å². The maximum Gasteiger partial charge on any atom is 0.416 e. The molecule has 0 heterocycles. The molecule has 0 spiro atoms. The van der Waals surface area contributed by atoms with E-state index < -0.39 is 23.5 Å². The minimum absolute atomic E-state index is 0.276. The zero-order valence-electron chi connectivity index (χ0n) is 11.0. The van der Waals surface area contributed by atoms with Crippen LogP contribution in [-0.2, 0) is 11.0 Å². The highest BCUT2D eigenvalue weighted by atomic mass is 19.4. The summed E-state index contributed by atoms with van der Waals surface area (Å²) in [7, 11) is 0. The van der Waals surface area contributed by atoms with Crippen molar-refractivity contribution in [3.8, 4) is 0 Å². The molecule has 0 aliphatic carbocycles. The fourth-order valence-corrected chi connectivity index (χ4v) is 1.48. The molecule has 0 saturated heterocycles. The highest BCUT2D eigenvalue weighted by Gasteiger charge is 2.31. The predicted octanol–water partition coefficient (Wildman–Crippen LogP) is 3.17. The predicted molar refractivity (Wildman–Crippen MR) is 67.8 cm³/mol. The molecule has 0 aliphatic heterocycles. The number of unbranched alkanes of at least 4 members (excludes halogenated alkanes) is 1. The van der Waals surface area contributed by atoms with Gasteiger partial charge in [0.1, 0.15) is 5.82 Å². The second-order valence-electron chi connectivity index (χ2n) is 4.25. The Kier molecular flexibility index (Phi) is 5.79. The Bertz CT molecular complexity index is 460. The monoisotopic (exact) mass is 292 g/mol. The number of amides is 1. The van der Waals surface area contributed by atoms with Crippen LogP contribution in [0, 0.1) is 5.82 Å². The molecule has 0 aliphatic rings. The van der Waals surface area contributed by atoms with E-state index in [0.29, 0.717) is 18.7 Å². The molecule has 0 fully saturated rings. The third kappa shape index (κ3) is 5.07. The SMILES string of the molecule is CCCCNC(=O)CNc1cc(C(F)(F)F)ccc1F. The second kappa shape index (κ2) is 7.12. The van der Waals surface area contributed by atoms with Gasteiger partial charge in [-0.1, -0.05) is 13.3 Å². The summed E-state index contributed by atoms with van der Waals surface area (Å²) in [5, 5.41) is 4.94. The minimum atomic E-state index is -4.55. The second-order valence-corrected chi connectivity index (χ2v) is 4.25. The average Bonchev–Trinajstić information content (AvgIpc) is 2.36. The van der Waals surface area contributed by atoms with Crippen molar-refractivity contribution in [1.82, 2.24) is 5.32 Å². The van der Waals surface area contributed by atoms with Crippen LogP contribution in [-0.4, -0.2) is 19.0 Å². The van der Waals surface area contributed by atoms with Gasteiger partial charge in [0.2, 0.25) is 5.91 Å². The van der Waals surface area contributed by atoms with Crippen LogP contribution in [0.1, 0.15) is 25.3 Å². The molecule has 1 aromatic carbocycles. The van der Waals surface area contributed by atoms with Gasteiger partial charge in [0.15, 0.2) is 0 Å². The van der Waals surface area contributed by atoms with Crippen molar-refractivity contribution < 1.29 is 22.4 Å². The van der Waals surface area contributed by atoms with Gasteiger partial charge in [-0.3, -0.25) is 4.79 Å². The van der Waals surface area contributed by atoms with E-state index in [1.165, 1.54) is 0 Å². The summed E-state index contributed by atoms with van der Waals surface area (Å²) in [6, 6.07) is 2.02. The maximum atomic E-state index is 13.4. The van der Waals surface area contributed by atoms with Crippen molar-refractivity contribution in [2.45, 2.75) is 25.9 Å².